The molecule has 3 aliphatic rings. The Balaban J connectivity index is 1.49. The number of hydrogen-bond acceptors (Lipinski definition) is 3. The molecule has 3 atom stereocenters. The smallest absolute Gasteiger partial charge is 0.306 e. The zero-order valence-electron chi connectivity index (χ0n) is 13.0. The van der Waals surface area contributed by atoms with Gasteiger partial charge < -0.3 is 15.2 Å². The van der Waals surface area contributed by atoms with Crippen molar-refractivity contribution in [3.05, 3.63) is 0 Å². The van der Waals surface area contributed by atoms with E-state index in [1.54, 1.807) is 0 Å². The van der Waals surface area contributed by atoms with Crippen molar-refractivity contribution in [1.82, 2.24) is 5.32 Å². The standard InChI is InChI=1S/C17H29NO3/c19-16(20)15-6-4-5-13(15)12-18-14-7-10-21-17(11-14)8-2-1-3-9-17/h13-15,18H,1-12H2,(H,19,20). The van der Waals surface area contributed by atoms with Crippen LogP contribution in [0.5, 0.6) is 0 Å². The van der Waals surface area contributed by atoms with Crippen LogP contribution >= 0.6 is 0 Å². The normalized spacial score (nSPS) is 35.9. The predicted molar refractivity (Wildman–Crippen MR) is 81.3 cm³/mol. The van der Waals surface area contributed by atoms with Gasteiger partial charge in [0.2, 0.25) is 0 Å². The fourth-order valence-electron chi connectivity index (χ4n) is 4.67. The molecule has 0 aromatic heterocycles. The van der Waals surface area contributed by atoms with Crippen molar-refractivity contribution in [3.8, 4) is 0 Å². The molecule has 4 heteroatoms. The summed E-state index contributed by atoms with van der Waals surface area (Å²) in [5, 5.41) is 12.9. The van der Waals surface area contributed by atoms with Crippen molar-refractivity contribution >= 4 is 5.97 Å². The molecule has 2 saturated carbocycles. The van der Waals surface area contributed by atoms with Crippen molar-refractivity contribution in [3.63, 3.8) is 0 Å². The second-order valence-electron chi connectivity index (χ2n) is 7.33. The third-order valence-electron chi connectivity index (χ3n) is 5.90. The fourth-order valence-corrected chi connectivity index (χ4v) is 4.67. The van der Waals surface area contributed by atoms with Gasteiger partial charge >= 0.3 is 5.97 Å². The lowest BCUT2D eigenvalue weighted by atomic mass is 9.78. The number of carboxylic acids is 1. The number of hydrogen-bond donors (Lipinski definition) is 2. The van der Waals surface area contributed by atoms with Crippen LogP contribution < -0.4 is 5.32 Å². The number of carboxylic acid groups (broad SMARTS) is 1. The average Bonchev–Trinajstić information content (AvgIpc) is 2.95. The number of nitrogens with one attached hydrogen (secondary N) is 1. The van der Waals surface area contributed by atoms with E-state index in [0.29, 0.717) is 12.0 Å². The van der Waals surface area contributed by atoms with E-state index in [1.807, 2.05) is 0 Å². The molecule has 0 bridgehead atoms. The molecule has 1 spiro atoms. The zero-order valence-corrected chi connectivity index (χ0v) is 13.0. The van der Waals surface area contributed by atoms with Gasteiger partial charge in [-0.25, -0.2) is 0 Å². The quantitative estimate of drug-likeness (QED) is 0.837. The highest BCUT2D eigenvalue weighted by Gasteiger charge is 2.39. The van der Waals surface area contributed by atoms with Crippen LogP contribution in [0.1, 0.15) is 64.2 Å². The van der Waals surface area contributed by atoms with E-state index in [9.17, 15) is 9.90 Å². The highest BCUT2D eigenvalue weighted by molar-refractivity contribution is 5.70. The minimum atomic E-state index is -0.602. The van der Waals surface area contributed by atoms with Crippen molar-refractivity contribution in [1.29, 1.82) is 0 Å². The first-order valence-corrected chi connectivity index (χ1v) is 8.79. The number of carbonyl (C=O) groups is 1. The molecule has 3 unspecified atom stereocenters. The topological polar surface area (TPSA) is 58.6 Å². The summed E-state index contributed by atoms with van der Waals surface area (Å²) >= 11 is 0. The van der Waals surface area contributed by atoms with Crippen molar-refractivity contribution in [2.75, 3.05) is 13.2 Å². The Bertz CT molecular complexity index is 360. The zero-order chi connectivity index (χ0) is 14.7. The highest BCUT2D eigenvalue weighted by atomic mass is 16.5. The third kappa shape index (κ3) is 3.59. The molecule has 1 aliphatic heterocycles. The van der Waals surface area contributed by atoms with Crippen LogP contribution in [0.2, 0.25) is 0 Å². The van der Waals surface area contributed by atoms with Crippen LogP contribution in [0.3, 0.4) is 0 Å². The van der Waals surface area contributed by atoms with Crippen LogP contribution in [-0.4, -0.2) is 35.9 Å². The van der Waals surface area contributed by atoms with Crippen molar-refractivity contribution in [2.45, 2.75) is 75.9 Å². The van der Waals surface area contributed by atoms with E-state index < -0.39 is 5.97 Å². The maximum absolute atomic E-state index is 11.3. The molecule has 21 heavy (non-hydrogen) atoms. The summed E-state index contributed by atoms with van der Waals surface area (Å²) in [5.74, 6) is -0.399. The molecule has 120 valence electrons. The SMILES string of the molecule is O=C(O)C1CCCC1CNC1CCOC2(CCCCC2)C1. The summed E-state index contributed by atoms with van der Waals surface area (Å²) < 4.78 is 6.13. The van der Waals surface area contributed by atoms with Gasteiger partial charge in [0.15, 0.2) is 0 Å². The Labute approximate surface area is 127 Å². The first-order valence-electron chi connectivity index (χ1n) is 8.79. The summed E-state index contributed by atoms with van der Waals surface area (Å²) in [4.78, 5) is 11.3. The van der Waals surface area contributed by atoms with Gasteiger partial charge in [0.25, 0.3) is 0 Å². The molecule has 0 aromatic rings. The van der Waals surface area contributed by atoms with E-state index in [2.05, 4.69) is 5.32 Å². The highest BCUT2D eigenvalue weighted by Crippen LogP contribution is 2.39. The summed E-state index contributed by atoms with van der Waals surface area (Å²) in [6, 6.07) is 0.520. The van der Waals surface area contributed by atoms with Gasteiger partial charge in [0, 0.05) is 12.6 Å². The molecule has 1 saturated heterocycles. The largest absolute Gasteiger partial charge is 0.481 e. The van der Waals surface area contributed by atoms with Gasteiger partial charge in [-0.1, -0.05) is 25.7 Å². The first-order chi connectivity index (χ1) is 10.2. The Kier molecular flexibility index (Phi) is 4.85. The molecule has 1 heterocycles. The van der Waals surface area contributed by atoms with E-state index in [0.717, 1.165) is 45.3 Å². The lowest BCUT2D eigenvalue weighted by molar-refractivity contribution is -0.143. The molecule has 3 rings (SSSR count). The second kappa shape index (κ2) is 6.66. The van der Waals surface area contributed by atoms with Crippen LogP contribution in [0.15, 0.2) is 0 Å². The fraction of sp³-hybridized carbons (Fsp3) is 0.941. The minimum Gasteiger partial charge on any atom is -0.481 e. The Hall–Kier alpha value is -0.610. The molecule has 0 radical (unpaired) electrons. The first kappa shape index (κ1) is 15.3. The maximum atomic E-state index is 11.3. The number of ether oxygens (including phenoxy) is 1. The Morgan fingerprint density at radius 1 is 1.14 bits per heavy atom. The van der Waals surface area contributed by atoms with E-state index >= 15 is 0 Å². The maximum Gasteiger partial charge on any atom is 0.306 e. The van der Waals surface area contributed by atoms with Gasteiger partial charge in [-0.2, -0.15) is 0 Å². The summed E-state index contributed by atoms with van der Waals surface area (Å²) in [5.41, 5.74) is 0.135. The van der Waals surface area contributed by atoms with Gasteiger partial charge in [-0.15, -0.1) is 0 Å². The Morgan fingerprint density at radius 3 is 2.71 bits per heavy atom. The van der Waals surface area contributed by atoms with E-state index in [-0.39, 0.29) is 11.5 Å². The van der Waals surface area contributed by atoms with Crippen LogP contribution in [0.25, 0.3) is 0 Å². The molecule has 4 nitrogen and oxygen atoms in total. The average molecular weight is 295 g/mol. The Morgan fingerprint density at radius 2 is 1.95 bits per heavy atom. The molecule has 2 aliphatic carbocycles. The van der Waals surface area contributed by atoms with E-state index in [1.165, 1.54) is 32.1 Å². The molecule has 3 fully saturated rings. The second-order valence-corrected chi connectivity index (χ2v) is 7.33. The van der Waals surface area contributed by atoms with E-state index in [4.69, 9.17) is 4.74 Å². The lowest BCUT2D eigenvalue weighted by Gasteiger charge is -2.44. The van der Waals surface area contributed by atoms with Crippen LogP contribution in [0.4, 0.5) is 0 Å². The van der Waals surface area contributed by atoms with Crippen molar-refractivity contribution in [2.24, 2.45) is 11.8 Å². The van der Waals surface area contributed by atoms with Crippen LogP contribution in [-0.2, 0) is 9.53 Å². The number of aliphatic carboxylic acids is 1. The lowest BCUT2D eigenvalue weighted by Crippen LogP contribution is -2.49. The molecule has 0 amide bonds. The van der Waals surface area contributed by atoms with Crippen LogP contribution in [0, 0.1) is 11.8 Å². The van der Waals surface area contributed by atoms with Gasteiger partial charge in [0.05, 0.1) is 11.5 Å². The molecule has 0 aromatic carbocycles. The molecular weight excluding hydrogens is 266 g/mol. The summed E-state index contributed by atoms with van der Waals surface area (Å²) in [7, 11) is 0. The molecular formula is C17H29NO3. The third-order valence-corrected chi connectivity index (χ3v) is 5.90. The van der Waals surface area contributed by atoms with Gasteiger partial charge in [-0.05, 0) is 51.0 Å². The van der Waals surface area contributed by atoms with Crippen molar-refractivity contribution < 1.29 is 14.6 Å². The summed E-state index contributed by atoms with van der Waals surface area (Å²) in [6.45, 7) is 1.74. The monoisotopic (exact) mass is 295 g/mol. The predicted octanol–water partition coefficient (Wildman–Crippen LogP) is 2.96. The van der Waals surface area contributed by atoms with Gasteiger partial charge in [-0.3, -0.25) is 4.79 Å². The minimum absolute atomic E-state index is 0.124. The molecule has 2 N–H and O–H groups in total. The number of rotatable bonds is 4. The van der Waals surface area contributed by atoms with Gasteiger partial charge in [0.1, 0.15) is 0 Å². The summed E-state index contributed by atoms with van der Waals surface area (Å²) in [6.07, 6.45) is 11.6.